The molecule has 1 saturated heterocycles. The number of benzene rings is 2. The van der Waals surface area contributed by atoms with Gasteiger partial charge in [-0.15, -0.1) is 0 Å². The highest BCUT2D eigenvalue weighted by Crippen LogP contribution is 2.60. The summed E-state index contributed by atoms with van der Waals surface area (Å²) < 4.78 is 15.3. The first-order valence-corrected chi connectivity index (χ1v) is 11.1. The van der Waals surface area contributed by atoms with Crippen LogP contribution in [-0.2, 0) is 10.2 Å². The summed E-state index contributed by atoms with van der Waals surface area (Å²) in [6.07, 6.45) is 0.613. The lowest BCUT2D eigenvalue weighted by Gasteiger charge is -2.38. The lowest BCUT2D eigenvalue weighted by molar-refractivity contribution is -0.123. The van der Waals surface area contributed by atoms with E-state index in [-0.39, 0.29) is 34.4 Å². The monoisotopic (exact) mass is 482 g/mol. The molecular weight excluding hydrogens is 462 g/mol. The minimum absolute atomic E-state index is 0.0800. The summed E-state index contributed by atoms with van der Waals surface area (Å²) in [7, 11) is 0. The maximum absolute atomic E-state index is 15.3. The average Bonchev–Trinajstić information content (AvgIpc) is 3.12. The molecule has 1 spiro atoms. The number of hydrogen-bond acceptors (Lipinski definition) is 2. The molecule has 2 aliphatic rings. The van der Waals surface area contributed by atoms with Crippen LogP contribution in [0.4, 0.5) is 14.9 Å². The van der Waals surface area contributed by atoms with E-state index >= 15 is 4.39 Å². The Balaban J connectivity index is 2.04. The Labute approximate surface area is 195 Å². The molecule has 0 unspecified atom stereocenters. The fourth-order valence-corrected chi connectivity index (χ4v) is 5.76. The van der Waals surface area contributed by atoms with Crippen molar-refractivity contribution in [3.63, 3.8) is 0 Å². The fourth-order valence-electron chi connectivity index (χ4n) is 5.24. The number of anilines is 1. The molecule has 2 aliphatic heterocycles. The molecule has 1 fully saturated rings. The SMILES string of the molecule is CC(C)(C)C[C@@H]1CN(C(=O)Cl)[C@H](c2cccc(Cl)c2F)[C@]12C(=O)Nc1cc(Cl)ccc12. The number of nitrogens with zero attached hydrogens (tertiary/aromatic N) is 1. The molecule has 0 aromatic heterocycles. The molecule has 8 heteroatoms. The number of fused-ring (bicyclic) bond motifs is 2. The van der Waals surface area contributed by atoms with Crippen molar-refractivity contribution in [2.45, 2.75) is 38.6 Å². The third-order valence-corrected chi connectivity index (χ3v) is 6.96. The van der Waals surface area contributed by atoms with E-state index in [1.807, 2.05) is 0 Å². The van der Waals surface area contributed by atoms with Crippen LogP contribution in [0, 0.1) is 17.2 Å². The first-order chi connectivity index (χ1) is 14.5. The first-order valence-electron chi connectivity index (χ1n) is 9.98. The van der Waals surface area contributed by atoms with E-state index in [1.165, 1.54) is 11.0 Å². The predicted octanol–water partition coefficient (Wildman–Crippen LogP) is 6.79. The molecule has 0 bridgehead atoms. The second-order valence-corrected chi connectivity index (χ2v) is 10.6. The largest absolute Gasteiger partial charge is 0.325 e. The molecule has 31 heavy (non-hydrogen) atoms. The maximum Gasteiger partial charge on any atom is 0.316 e. The smallest absolute Gasteiger partial charge is 0.316 e. The van der Waals surface area contributed by atoms with Crippen molar-refractivity contribution in [2.24, 2.45) is 11.3 Å². The van der Waals surface area contributed by atoms with Gasteiger partial charge in [0.25, 0.3) is 0 Å². The normalized spacial score (nSPS) is 25.1. The van der Waals surface area contributed by atoms with Gasteiger partial charge in [-0.3, -0.25) is 9.59 Å². The molecule has 164 valence electrons. The molecule has 0 saturated carbocycles. The van der Waals surface area contributed by atoms with E-state index in [1.54, 1.807) is 30.3 Å². The molecular formula is C23H22Cl3FN2O2. The van der Waals surface area contributed by atoms with Crippen molar-refractivity contribution in [1.29, 1.82) is 0 Å². The van der Waals surface area contributed by atoms with Crippen LogP contribution >= 0.6 is 34.8 Å². The van der Waals surface area contributed by atoms with Gasteiger partial charge in [0.2, 0.25) is 5.91 Å². The van der Waals surface area contributed by atoms with E-state index in [2.05, 4.69) is 26.1 Å². The van der Waals surface area contributed by atoms with Crippen molar-refractivity contribution < 1.29 is 14.0 Å². The summed E-state index contributed by atoms with van der Waals surface area (Å²) in [5.41, 5.74) is 0.0173. The number of nitrogens with one attached hydrogen (secondary N) is 1. The van der Waals surface area contributed by atoms with Crippen molar-refractivity contribution in [3.05, 3.63) is 63.4 Å². The first kappa shape index (κ1) is 22.4. The molecule has 2 aromatic carbocycles. The third-order valence-electron chi connectivity index (χ3n) is 6.22. The van der Waals surface area contributed by atoms with Gasteiger partial charge < -0.3 is 10.2 Å². The second kappa shape index (κ2) is 7.65. The zero-order chi connectivity index (χ0) is 22.7. The highest BCUT2D eigenvalue weighted by molar-refractivity contribution is 6.62. The summed E-state index contributed by atoms with van der Waals surface area (Å²) in [5, 5.41) is 2.57. The molecule has 4 nitrogen and oxygen atoms in total. The van der Waals surface area contributed by atoms with Crippen molar-refractivity contribution >= 4 is 51.8 Å². The highest BCUT2D eigenvalue weighted by atomic mass is 35.5. The molecule has 0 radical (unpaired) electrons. The minimum Gasteiger partial charge on any atom is -0.325 e. The summed E-state index contributed by atoms with van der Waals surface area (Å²) in [4.78, 5) is 27.6. The Hall–Kier alpha value is -1.82. The van der Waals surface area contributed by atoms with Gasteiger partial charge in [-0.2, -0.15) is 0 Å². The Morgan fingerprint density at radius 1 is 1.26 bits per heavy atom. The predicted molar refractivity (Wildman–Crippen MR) is 121 cm³/mol. The van der Waals surface area contributed by atoms with Gasteiger partial charge >= 0.3 is 5.37 Å². The third kappa shape index (κ3) is 3.51. The minimum atomic E-state index is -1.23. The lowest BCUT2D eigenvalue weighted by Crippen LogP contribution is -2.46. The number of carbonyl (C=O) groups is 2. The van der Waals surface area contributed by atoms with E-state index in [0.29, 0.717) is 22.7 Å². The van der Waals surface area contributed by atoms with Crippen LogP contribution in [0.25, 0.3) is 0 Å². The van der Waals surface area contributed by atoms with E-state index in [0.717, 1.165) is 0 Å². The molecule has 3 atom stereocenters. The summed E-state index contributed by atoms with van der Waals surface area (Å²) in [5.74, 6) is -1.27. The maximum atomic E-state index is 15.3. The molecule has 2 aromatic rings. The lowest BCUT2D eigenvalue weighted by atomic mass is 9.63. The Bertz CT molecular complexity index is 1080. The Morgan fingerprint density at radius 2 is 1.97 bits per heavy atom. The van der Waals surface area contributed by atoms with E-state index in [9.17, 15) is 9.59 Å². The number of likely N-dealkylation sites (tertiary alicyclic amines) is 1. The van der Waals surface area contributed by atoms with Crippen LogP contribution in [0.5, 0.6) is 0 Å². The van der Waals surface area contributed by atoms with Gasteiger partial charge in [0.1, 0.15) is 11.2 Å². The molecule has 2 heterocycles. The number of hydrogen-bond donors (Lipinski definition) is 1. The fraction of sp³-hybridized carbons (Fsp3) is 0.391. The van der Waals surface area contributed by atoms with Crippen molar-refractivity contribution in [2.75, 3.05) is 11.9 Å². The van der Waals surface area contributed by atoms with Crippen LogP contribution in [0.15, 0.2) is 36.4 Å². The summed E-state index contributed by atoms with van der Waals surface area (Å²) >= 11 is 18.3. The van der Waals surface area contributed by atoms with E-state index < -0.39 is 22.6 Å². The number of rotatable bonds is 2. The van der Waals surface area contributed by atoms with Crippen molar-refractivity contribution in [3.8, 4) is 0 Å². The van der Waals surface area contributed by atoms with Crippen LogP contribution < -0.4 is 5.32 Å². The van der Waals surface area contributed by atoms with Crippen LogP contribution in [0.2, 0.25) is 10.0 Å². The quantitative estimate of drug-likeness (QED) is 0.377. The standard InChI is InChI=1S/C23H22Cl3FN2O2/c1-22(2,3)10-12-11-29(21(26)31)19(14-5-4-6-16(25)18(14)27)23(12)15-8-7-13(24)9-17(15)28-20(23)30/h4-9,12,19H,10-11H2,1-3H3,(H,28,30)/t12-,19-,23+/m1/s1. The number of carbonyl (C=O) groups excluding carboxylic acids is 2. The molecule has 1 N–H and O–H groups in total. The van der Waals surface area contributed by atoms with E-state index in [4.69, 9.17) is 34.8 Å². The van der Waals surface area contributed by atoms with Gasteiger partial charge in [-0.1, -0.05) is 62.2 Å². The van der Waals surface area contributed by atoms with Gasteiger partial charge in [-0.05, 0) is 53.1 Å². The topological polar surface area (TPSA) is 49.4 Å². The molecule has 4 rings (SSSR count). The summed E-state index contributed by atoms with van der Waals surface area (Å²) in [6, 6.07) is 8.80. The van der Waals surface area contributed by atoms with Crippen molar-refractivity contribution in [1.82, 2.24) is 4.90 Å². The summed E-state index contributed by atoms with van der Waals surface area (Å²) in [6.45, 7) is 6.41. The zero-order valence-corrected chi connectivity index (χ0v) is 19.6. The van der Waals surface area contributed by atoms with Gasteiger partial charge in [0.05, 0.1) is 11.1 Å². The zero-order valence-electron chi connectivity index (χ0n) is 17.3. The Morgan fingerprint density at radius 3 is 2.61 bits per heavy atom. The van der Waals surface area contributed by atoms with Gasteiger partial charge in [0.15, 0.2) is 0 Å². The number of halogens is 4. The molecule has 2 amide bonds. The second-order valence-electron chi connectivity index (χ2n) is 9.43. The average molecular weight is 484 g/mol. The Kier molecular flexibility index (Phi) is 5.52. The number of amides is 2. The van der Waals surface area contributed by atoms with Gasteiger partial charge in [0, 0.05) is 22.8 Å². The molecule has 0 aliphatic carbocycles. The van der Waals surface area contributed by atoms with Crippen LogP contribution in [-0.4, -0.2) is 22.7 Å². The van der Waals surface area contributed by atoms with Gasteiger partial charge in [-0.25, -0.2) is 4.39 Å². The van der Waals surface area contributed by atoms with Crippen LogP contribution in [0.1, 0.15) is 44.4 Å². The van der Waals surface area contributed by atoms with Crippen LogP contribution in [0.3, 0.4) is 0 Å². The highest BCUT2D eigenvalue weighted by Gasteiger charge is 2.65.